The van der Waals surface area contributed by atoms with Crippen LogP contribution in [0, 0.1) is 22.7 Å². The molecule has 1 saturated heterocycles. The van der Waals surface area contributed by atoms with Gasteiger partial charge in [0.25, 0.3) is 0 Å². The molecule has 1 heterocycles. The van der Waals surface area contributed by atoms with Crippen molar-refractivity contribution in [3.05, 3.63) is 23.8 Å². The van der Waals surface area contributed by atoms with Crippen LogP contribution in [-0.2, 0) is 14.3 Å². The van der Waals surface area contributed by atoms with Gasteiger partial charge in [-0.15, -0.1) is 0 Å². The van der Waals surface area contributed by atoms with Crippen molar-refractivity contribution < 1.29 is 14.3 Å². The zero-order chi connectivity index (χ0) is 17.5. The molecule has 0 N–H and O–H groups in total. The summed E-state index contributed by atoms with van der Waals surface area (Å²) >= 11 is 0. The molecule has 4 atom stereocenters. The number of rotatable bonds is 3. The van der Waals surface area contributed by atoms with Crippen LogP contribution in [0.15, 0.2) is 23.8 Å². The lowest BCUT2D eigenvalue weighted by Crippen LogP contribution is -2.49. The van der Waals surface area contributed by atoms with E-state index in [4.69, 9.17) is 9.47 Å². The van der Waals surface area contributed by atoms with Crippen molar-refractivity contribution in [3.8, 4) is 0 Å². The summed E-state index contributed by atoms with van der Waals surface area (Å²) in [5.74, 6) is 1.00. The smallest absolute Gasteiger partial charge is 0.336 e. The van der Waals surface area contributed by atoms with Crippen LogP contribution in [0.2, 0.25) is 0 Å². The first-order chi connectivity index (χ1) is 11.3. The molecule has 3 rings (SSSR count). The number of esters is 1. The highest BCUT2D eigenvalue weighted by atomic mass is 16.7. The summed E-state index contributed by atoms with van der Waals surface area (Å²) in [5, 5.41) is 0. The zero-order valence-corrected chi connectivity index (χ0v) is 15.7. The maximum Gasteiger partial charge on any atom is 0.336 e. The normalized spacial score (nSPS) is 40.5. The minimum atomic E-state index is -0.407. The van der Waals surface area contributed by atoms with E-state index in [-0.39, 0.29) is 5.97 Å². The summed E-state index contributed by atoms with van der Waals surface area (Å²) in [5.41, 5.74) is 2.86. The molecule has 0 aromatic rings. The summed E-state index contributed by atoms with van der Waals surface area (Å²) in [6, 6.07) is 0. The summed E-state index contributed by atoms with van der Waals surface area (Å²) in [4.78, 5) is 12.0. The predicted octanol–water partition coefficient (Wildman–Crippen LogP) is 5.02. The number of hydrogen-bond acceptors (Lipinski definition) is 3. The molecule has 0 unspecified atom stereocenters. The fourth-order valence-corrected chi connectivity index (χ4v) is 5.77. The second kappa shape index (κ2) is 6.33. The molecule has 0 aromatic heterocycles. The maximum atomic E-state index is 12.0. The fraction of sp³-hybridized carbons (Fsp3) is 0.762. The van der Waals surface area contributed by atoms with Gasteiger partial charge in [0.1, 0.15) is 0 Å². The lowest BCUT2D eigenvalue weighted by molar-refractivity contribution is -0.156. The Balaban J connectivity index is 1.81. The van der Waals surface area contributed by atoms with Gasteiger partial charge in [0.05, 0.1) is 0 Å². The van der Waals surface area contributed by atoms with Crippen LogP contribution in [0.3, 0.4) is 0 Å². The van der Waals surface area contributed by atoms with Crippen molar-refractivity contribution in [2.75, 3.05) is 7.11 Å². The highest BCUT2D eigenvalue weighted by Crippen LogP contribution is 2.61. The third-order valence-electron chi connectivity index (χ3n) is 7.07. The van der Waals surface area contributed by atoms with E-state index in [1.807, 2.05) is 0 Å². The van der Waals surface area contributed by atoms with Gasteiger partial charge in [0, 0.05) is 19.1 Å². The Hall–Kier alpha value is -1.09. The Morgan fingerprint density at radius 1 is 1.33 bits per heavy atom. The number of allylic oxidation sites excluding steroid dienone is 2. The molecular formula is C21H32O3. The second-order valence-electron chi connectivity index (χ2n) is 8.89. The largest absolute Gasteiger partial charge is 0.432 e. The number of cyclic esters (lactones) is 1. The van der Waals surface area contributed by atoms with E-state index in [1.54, 1.807) is 7.11 Å². The van der Waals surface area contributed by atoms with Crippen molar-refractivity contribution >= 4 is 5.97 Å². The van der Waals surface area contributed by atoms with Crippen LogP contribution >= 0.6 is 0 Å². The summed E-state index contributed by atoms with van der Waals surface area (Å²) in [6.07, 6.45) is 9.47. The minimum Gasteiger partial charge on any atom is -0.432 e. The Morgan fingerprint density at radius 2 is 2.08 bits per heavy atom. The van der Waals surface area contributed by atoms with Gasteiger partial charge >= 0.3 is 5.97 Å². The minimum absolute atomic E-state index is 0.214. The Labute approximate surface area is 146 Å². The molecule has 134 valence electrons. The molecule has 3 fully saturated rings. The third-order valence-corrected chi connectivity index (χ3v) is 7.07. The van der Waals surface area contributed by atoms with Gasteiger partial charge in [-0.3, -0.25) is 0 Å². The molecule has 3 heteroatoms. The number of fused-ring (bicyclic) bond motifs is 1. The van der Waals surface area contributed by atoms with E-state index in [1.165, 1.54) is 31.3 Å². The van der Waals surface area contributed by atoms with E-state index in [0.717, 1.165) is 24.3 Å². The van der Waals surface area contributed by atoms with Crippen LogP contribution in [0.25, 0.3) is 0 Å². The van der Waals surface area contributed by atoms with E-state index in [0.29, 0.717) is 23.2 Å². The van der Waals surface area contributed by atoms with E-state index < -0.39 is 6.29 Å². The monoisotopic (exact) mass is 332 g/mol. The SMILES string of the molecule is C=C1CC[C@H]2C(C)(C)CCC[C@]2(C)[C@H]1C/C=C1/C[C@H](OC)OC1=O. The Kier molecular flexibility index (Phi) is 4.67. The molecule has 0 spiro atoms. The highest BCUT2D eigenvalue weighted by molar-refractivity contribution is 5.90. The molecule has 2 saturated carbocycles. The van der Waals surface area contributed by atoms with Crippen LogP contribution in [0.4, 0.5) is 0 Å². The summed E-state index contributed by atoms with van der Waals surface area (Å²) < 4.78 is 10.4. The van der Waals surface area contributed by atoms with Gasteiger partial charge in [-0.2, -0.15) is 0 Å². The number of methoxy groups -OCH3 is 1. The highest BCUT2D eigenvalue weighted by Gasteiger charge is 2.52. The molecule has 1 aliphatic heterocycles. The van der Waals surface area contributed by atoms with Crippen LogP contribution < -0.4 is 0 Å². The average Bonchev–Trinajstić information content (AvgIpc) is 2.86. The number of ether oxygens (including phenoxy) is 2. The lowest BCUT2D eigenvalue weighted by atomic mass is 9.47. The molecule has 0 aromatic carbocycles. The second-order valence-corrected chi connectivity index (χ2v) is 8.89. The Morgan fingerprint density at radius 3 is 2.75 bits per heavy atom. The van der Waals surface area contributed by atoms with Crippen LogP contribution in [-0.4, -0.2) is 19.4 Å². The molecule has 0 amide bonds. The lowest BCUT2D eigenvalue weighted by Gasteiger charge is -2.58. The third kappa shape index (κ3) is 2.96. The first-order valence-corrected chi connectivity index (χ1v) is 9.38. The average molecular weight is 332 g/mol. The van der Waals surface area contributed by atoms with Crippen molar-refractivity contribution in [2.45, 2.75) is 72.0 Å². The summed E-state index contributed by atoms with van der Waals surface area (Å²) in [7, 11) is 1.58. The van der Waals surface area contributed by atoms with Crippen molar-refractivity contribution in [1.82, 2.24) is 0 Å². The quantitative estimate of drug-likeness (QED) is 0.413. The fourth-order valence-electron chi connectivity index (χ4n) is 5.77. The first kappa shape index (κ1) is 17.7. The van der Waals surface area contributed by atoms with E-state index >= 15 is 0 Å². The number of carbonyl (C=O) groups is 1. The molecule has 24 heavy (non-hydrogen) atoms. The summed E-state index contributed by atoms with van der Waals surface area (Å²) in [6.45, 7) is 11.8. The van der Waals surface area contributed by atoms with Crippen molar-refractivity contribution in [1.29, 1.82) is 0 Å². The molecule has 2 aliphatic carbocycles. The molecule has 0 bridgehead atoms. The number of carbonyl (C=O) groups excluding carboxylic acids is 1. The Bertz CT molecular complexity index is 559. The standard InChI is InChI=1S/C21H32O3/c1-14-7-10-17-20(2,3)11-6-12-21(17,4)16(14)9-8-15-13-18(23-5)24-19(15)22/h8,16-18H,1,6-7,9-13H2,2-5H3/b15-8-/t16-,17-,18+,21+/m0/s1. The van der Waals surface area contributed by atoms with Crippen LogP contribution in [0.5, 0.6) is 0 Å². The molecule has 3 aliphatic rings. The topological polar surface area (TPSA) is 35.5 Å². The van der Waals surface area contributed by atoms with Crippen molar-refractivity contribution in [2.24, 2.45) is 22.7 Å². The first-order valence-electron chi connectivity index (χ1n) is 9.38. The van der Waals surface area contributed by atoms with Gasteiger partial charge < -0.3 is 9.47 Å². The predicted molar refractivity (Wildman–Crippen MR) is 95.3 cm³/mol. The molecule has 3 nitrogen and oxygen atoms in total. The maximum absolute atomic E-state index is 12.0. The van der Waals surface area contributed by atoms with Crippen molar-refractivity contribution in [3.63, 3.8) is 0 Å². The van der Waals surface area contributed by atoms with E-state index in [2.05, 4.69) is 33.4 Å². The van der Waals surface area contributed by atoms with Gasteiger partial charge in [0.15, 0.2) is 0 Å². The zero-order valence-electron chi connectivity index (χ0n) is 15.7. The van der Waals surface area contributed by atoms with Gasteiger partial charge in [-0.1, -0.05) is 45.4 Å². The number of hydrogen-bond donors (Lipinski definition) is 0. The molecule has 0 radical (unpaired) electrons. The van der Waals surface area contributed by atoms with E-state index in [9.17, 15) is 4.79 Å². The van der Waals surface area contributed by atoms with Gasteiger partial charge in [-0.05, 0) is 54.8 Å². The molecular weight excluding hydrogens is 300 g/mol. The van der Waals surface area contributed by atoms with Gasteiger partial charge in [0.2, 0.25) is 6.29 Å². The van der Waals surface area contributed by atoms with Gasteiger partial charge in [-0.25, -0.2) is 4.79 Å². The van der Waals surface area contributed by atoms with Crippen LogP contribution in [0.1, 0.15) is 65.7 Å².